The molecule has 9 nitrogen and oxygen atoms in total. The summed E-state index contributed by atoms with van der Waals surface area (Å²) >= 11 is 2.11. The molecule has 1 unspecified atom stereocenters. The highest BCUT2D eigenvalue weighted by Crippen LogP contribution is 2.33. The summed E-state index contributed by atoms with van der Waals surface area (Å²) in [6, 6.07) is 2.43. The summed E-state index contributed by atoms with van der Waals surface area (Å²) < 4.78 is 57.2. The van der Waals surface area contributed by atoms with Crippen LogP contribution in [0.15, 0.2) is 43.5 Å². The van der Waals surface area contributed by atoms with Gasteiger partial charge < -0.3 is 9.67 Å². The Labute approximate surface area is 230 Å². The lowest BCUT2D eigenvalue weighted by Crippen LogP contribution is -2.36. The number of carbonyl (C=O) groups excluding carboxylic acids is 1. The van der Waals surface area contributed by atoms with Crippen LogP contribution in [0.1, 0.15) is 24.5 Å². The fourth-order valence-corrected chi connectivity index (χ4v) is 6.06. The molecule has 0 aliphatic rings. The van der Waals surface area contributed by atoms with Gasteiger partial charge in [-0.2, -0.15) is 18.2 Å². The highest BCUT2D eigenvalue weighted by molar-refractivity contribution is 7.17. The lowest BCUT2D eigenvalue weighted by molar-refractivity contribution is -0.141. The Balaban J connectivity index is 1.76. The van der Waals surface area contributed by atoms with Crippen molar-refractivity contribution in [1.82, 2.24) is 13.7 Å². The van der Waals surface area contributed by atoms with E-state index in [0.717, 1.165) is 39.4 Å². The molecule has 1 N–H and O–H groups in total. The largest absolute Gasteiger partial charge is 0.481 e. The summed E-state index contributed by atoms with van der Waals surface area (Å²) in [4.78, 5) is 53.9. The fourth-order valence-electron chi connectivity index (χ4n) is 4.08. The van der Waals surface area contributed by atoms with Crippen molar-refractivity contribution in [3.8, 4) is 11.3 Å². The van der Waals surface area contributed by atoms with Gasteiger partial charge in [-0.1, -0.05) is 13.0 Å². The summed E-state index contributed by atoms with van der Waals surface area (Å²) in [5, 5.41) is 12.6. The second-order valence-corrected chi connectivity index (χ2v) is 10.8. The van der Waals surface area contributed by atoms with E-state index in [1.165, 1.54) is 35.5 Å². The third-order valence-corrected chi connectivity index (χ3v) is 8.35. The number of rotatable bonds is 7. The average Bonchev–Trinajstić information content (AvgIpc) is 3.47. The number of alkyl halides is 3. The monoisotopic (exact) mass is 598 g/mol. The first-order valence-corrected chi connectivity index (χ1v) is 13.5. The van der Waals surface area contributed by atoms with Crippen LogP contribution in [0.2, 0.25) is 0 Å². The maximum absolute atomic E-state index is 14.3. The number of nitrogens with zero attached hydrogens (tertiary/aromatic N) is 4. The van der Waals surface area contributed by atoms with Gasteiger partial charge in [0.1, 0.15) is 10.6 Å². The van der Waals surface area contributed by atoms with E-state index < -0.39 is 46.6 Å². The molecule has 0 bridgehead atoms. The summed E-state index contributed by atoms with van der Waals surface area (Å²) in [6.07, 6.45) is -5.06. The zero-order valence-corrected chi connectivity index (χ0v) is 22.9. The van der Waals surface area contributed by atoms with Crippen molar-refractivity contribution in [3.63, 3.8) is 0 Å². The molecule has 0 spiro atoms. The molecule has 0 radical (unpaired) electrons. The molecule has 0 fully saturated rings. The molecule has 3 aromatic heterocycles. The molecule has 0 saturated carbocycles. The van der Waals surface area contributed by atoms with Crippen LogP contribution in [-0.4, -0.2) is 30.7 Å². The first-order chi connectivity index (χ1) is 18.7. The number of amides is 1. The third kappa shape index (κ3) is 5.56. The van der Waals surface area contributed by atoms with E-state index in [0.29, 0.717) is 16.5 Å². The van der Waals surface area contributed by atoms with Crippen molar-refractivity contribution in [1.29, 1.82) is 0 Å². The van der Waals surface area contributed by atoms with Crippen LogP contribution in [0.4, 0.5) is 17.6 Å². The van der Waals surface area contributed by atoms with Gasteiger partial charge in [0.25, 0.3) is 11.5 Å². The maximum Gasteiger partial charge on any atom is 0.419 e. The zero-order valence-electron chi connectivity index (χ0n) is 21.3. The van der Waals surface area contributed by atoms with Crippen molar-refractivity contribution in [2.24, 2.45) is 25.0 Å². The van der Waals surface area contributed by atoms with E-state index in [1.807, 2.05) is 0 Å². The van der Waals surface area contributed by atoms with Gasteiger partial charge in [0, 0.05) is 31.6 Å². The van der Waals surface area contributed by atoms with Gasteiger partial charge in [-0.3, -0.25) is 23.5 Å². The lowest BCUT2D eigenvalue weighted by atomic mass is 10.1. The molecule has 3 heterocycles. The number of aromatic nitrogens is 3. The lowest BCUT2D eigenvalue weighted by Gasteiger charge is -2.13. The van der Waals surface area contributed by atoms with Crippen molar-refractivity contribution in [3.05, 3.63) is 71.5 Å². The van der Waals surface area contributed by atoms with Crippen LogP contribution in [0.3, 0.4) is 0 Å². The Bertz CT molecular complexity index is 1830. The summed E-state index contributed by atoms with van der Waals surface area (Å²) in [7, 11) is 2.84. The van der Waals surface area contributed by atoms with E-state index >= 15 is 0 Å². The number of thiazole rings is 1. The van der Waals surface area contributed by atoms with Gasteiger partial charge in [-0.25, -0.2) is 9.18 Å². The molecule has 40 heavy (non-hydrogen) atoms. The molecular formula is C25H22F4N4O5S2. The summed E-state index contributed by atoms with van der Waals surface area (Å²) in [5.74, 6) is -3.97. The molecule has 15 heteroatoms. The minimum atomic E-state index is -4.88. The highest BCUT2D eigenvalue weighted by Gasteiger charge is 2.34. The van der Waals surface area contributed by atoms with Gasteiger partial charge in [-0.15, -0.1) is 22.7 Å². The molecule has 0 saturated heterocycles. The average molecular weight is 599 g/mol. The number of aliphatic carboxylic acids is 1. The second kappa shape index (κ2) is 11.0. The minimum Gasteiger partial charge on any atom is -0.481 e. The maximum atomic E-state index is 14.3. The number of carboxylic acid groups (broad SMARTS) is 1. The highest BCUT2D eigenvalue weighted by atomic mass is 32.1. The molecule has 0 aliphatic carbocycles. The quantitative estimate of drug-likeness (QED) is 0.326. The Kier molecular flexibility index (Phi) is 7.99. The fraction of sp³-hybridized carbons (Fsp3) is 0.320. The van der Waals surface area contributed by atoms with E-state index in [1.54, 1.807) is 5.38 Å². The molecule has 1 aromatic carbocycles. The van der Waals surface area contributed by atoms with Crippen LogP contribution >= 0.6 is 22.7 Å². The molecule has 4 rings (SSSR count). The van der Waals surface area contributed by atoms with E-state index in [4.69, 9.17) is 0 Å². The first-order valence-electron chi connectivity index (χ1n) is 11.7. The minimum absolute atomic E-state index is 0.0328. The second-order valence-electron chi connectivity index (χ2n) is 9.10. The Morgan fingerprint density at radius 1 is 1.10 bits per heavy atom. The molecule has 0 aliphatic heterocycles. The number of benzene rings is 1. The van der Waals surface area contributed by atoms with Crippen LogP contribution in [0, 0.1) is 11.7 Å². The summed E-state index contributed by atoms with van der Waals surface area (Å²) in [5.41, 5.74) is -1.77. The number of fused-ring (bicyclic) bond motifs is 1. The van der Waals surface area contributed by atoms with Crippen molar-refractivity contribution in [2.45, 2.75) is 32.5 Å². The number of aryl methyl sites for hydroxylation is 1. The molecular weight excluding hydrogens is 576 g/mol. The normalized spacial score (nSPS) is 13.2. The zero-order chi connectivity index (χ0) is 29.5. The van der Waals surface area contributed by atoms with Crippen molar-refractivity contribution < 1.29 is 32.3 Å². The van der Waals surface area contributed by atoms with Crippen molar-refractivity contribution in [2.75, 3.05) is 0 Å². The van der Waals surface area contributed by atoms with Gasteiger partial charge in [0.05, 0.1) is 29.0 Å². The molecule has 212 valence electrons. The predicted molar refractivity (Wildman–Crippen MR) is 141 cm³/mol. The third-order valence-electron chi connectivity index (χ3n) is 6.38. The van der Waals surface area contributed by atoms with Crippen molar-refractivity contribution >= 4 is 44.8 Å². The van der Waals surface area contributed by atoms with Crippen LogP contribution in [0.25, 0.3) is 21.5 Å². The van der Waals surface area contributed by atoms with Gasteiger partial charge in [-0.05, 0) is 29.5 Å². The van der Waals surface area contributed by atoms with Gasteiger partial charge in [0.2, 0.25) is 0 Å². The molecule has 1 amide bonds. The summed E-state index contributed by atoms with van der Waals surface area (Å²) in [6.45, 7) is 1.51. The number of halogens is 4. The van der Waals surface area contributed by atoms with E-state index in [-0.39, 0.29) is 40.8 Å². The van der Waals surface area contributed by atoms with Gasteiger partial charge in [0.15, 0.2) is 4.80 Å². The van der Waals surface area contributed by atoms with Gasteiger partial charge >= 0.3 is 17.8 Å². The van der Waals surface area contributed by atoms with E-state index in [9.17, 15) is 41.8 Å². The first kappa shape index (κ1) is 29.1. The Hall–Kier alpha value is -3.85. The number of carbonyl (C=O) groups is 2. The topological polar surface area (TPSA) is 116 Å². The number of hydrogen-bond donors (Lipinski definition) is 1. The smallest absolute Gasteiger partial charge is 0.419 e. The molecule has 1 atom stereocenters. The van der Waals surface area contributed by atoms with E-state index in [2.05, 4.69) is 4.99 Å². The Morgan fingerprint density at radius 3 is 2.42 bits per heavy atom. The van der Waals surface area contributed by atoms with Crippen LogP contribution in [0.5, 0.6) is 0 Å². The number of hydrogen-bond acceptors (Lipinski definition) is 6. The Morgan fingerprint density at radius 2 is 1.80 bits per heavy atom. The predicted octanol–water partition coefficient (Wildman–Crippen LogP) is 3.77. The number of thiophene rings is 1. The molecule has 4 aromatic rings. The number of carboxylic acids is 1. The van der Waals surface area contributed by atoms with Crippen LogP contribution in [-0.2, 0) is 42.8 Å². The standard InChI is InChI=1S/C25H22F4N4O5S2/c1-12(22(36)37)6-7-33-17(13-4-5-15(16(26)8-13)25(27,28)29)11-40-23(33)30-18(34)9-14-10-39-21-19(14)20(35)31(2)24(38)32(21)3/h4-5,8,10-12H,6-7,9H2,1-3H3,(H,36,37). The van der Waals surface area contributed by atoms with Crippen LogP contribution < -0.4 is 16.1 Å². The SMILES string of the molecule is CC(CCn1c(-c2ccc(C(F)(F)F)c(F)c2)csc1=NC(=O)Cc1csc2c1c(=O)n(C)c(=O)n2C)C(=O)O.